The topological polar surface area (TPSA) is 38.1 Å². The summed E-state index contributed by atoms with van der Waals surface area (Å²) in [6.45, 7) is 13.4. The minimum Gasteiger partial charge on any atom is -0.310 e. The van der Waals surface area contributed by atoms with E-state index in [2.05, 4.69) is 25.9 Å². The van der Waals surface area contributed by atoms with Crippen molar-refractivity contribution >= 4 is 11.6 Å². The molecule has 0 aliphatic carbocycles. The number of benzene rings is 1. The van der Waals surface area contributed by atoms with Gasteiger partial charge in [0.05, 0.1) is 12.1 Å². The summed E-state index contributed by atoms with van der Waals surface area (Å²) in [6.07, 6.45) is 0.392. The summed E-state index contributed by atoms with van der Waals surface area (Å²) >= 11 is 0. The molecular formula is C20H29N3O. The van der Waals surface area contributed by atoms with Crippen LogP contribution in [0.5, 0.6) is 0 Å². The van der Waals surface area contributed by atoms with Gasteiger partial charge in [0.1, 0.15) is 0 Å². The van der Waals surface area contributed by atoms with Crippen LogP contribution in [0.15, 0.2) is 30.3 Å². The molecular weight excluding hydrogens is 298 g/mol. The highest BCUT2D eigenvalue weighted by Gasteiger charge is 2.22. The van der Waals surface area contributed by atoms with Crippen molar-refractivity contribution in [1.82, 2.24) is 9.78 Å². The van der Waals surface area contributed by atoms with E-state index in [4.69, 9.17) is 0 Å². The Kier molecular flexibility index (Phi) is 5.81. The summed E-state index contributed by atoms with van der Waals surface area (Å²) < 4.78 is 2.03. The molecule has 0 spiro atoms. The number of hydrogen-bond acceptors (Lipinski definition) is 2. The van der Waals surface area contributed by atoms with Crippen molar-refractivity contribution in [2.75, 3.05) is 4.90 Å². The normalized spacial score (nSPS) is 11.3. The molecule has 0 saturated carbocycles. The molecule has 0 saturated heterocycles. The van der Waals surface area contributed by atoms with Gasteiger partial charge in [-0.1, -0.05) is 32.0 Å². The fraction of sp³-hybridized carbons (Fsp3) is 0.500. The fourth-order valence-corrected chi connectivity index (χ4v) is 3.07. The van der Waals surface area contributed by atoms with Gasteiger partial charge in [-0.3, -0.25) is 9.48 Å². The predicted molar refractivity (Wildman–Crippen MR) is 99.3 cm³/mol. The summed E-state index contributed by atoms with van der Waals surface area (Å²) in [6, 6.07) is 9.99. The third-order valence-corrected chi connectivity index (χ3v) is 4.22. The van der Waals surface area contributed by atoms with Gasteiger partial charge in [0.25, 0.3) is 0 Å². The molecule has 1 aromatic carbocycles. The Morgan fingerprint density at radius 2 is 1.75 bits per heavy atom. The van der Waals surface area contributed by atoms with Gasteiger partial charge < -0.3 is 4.90 Å². The maximum atomic E-state index is 13.0. The zero-order chi connectivity index (χ0) is 17.9. The molecule has 1 amide bonds. The van der Waals surface area contributed by atoms with Gasteiger partial charge in [0.15, 0.2) is 0 Å². The number of aryl methyl sites for hydroxylation is 1. The maximum Gasteiger partial charge on any atom is 0.231 e. The minimum absolute atomic E-state index is 0.117. The quantitative estimate of drug-likeness (QED) is 0.800. The van der Waals surface area contributed by atoms with Gasteiger partial charge in [-0.05, 0) is 45.7 Å². The highest BCUT2D eigenvalue weighted by Crippen LogP contribution is 2.21. The molecule has 4 nitrogen and oxygen atoms in total. The third kappa shape index (κ3) is 4.05. The average molecular weight is 327 g/mol. The summed E-state index contributed by atoms with van der Waals surface area (Å²) in [5, 5.41) is 4.63. The number of nitrogens with zero attached hydrogens (tertiary/aromatic N) is 3. The van der Waals surface area contributed by atoms with E-state index in [9.17, 15) is 4.79 Å². The van der Waals surface area contributed by atoms with E-state index in [0.29, 0.717) is 12.3 Å². The summed E-state index contributed by atoms with van der Waals surface area (Å²) in [5.41, 5.74) is 4.06. The number of para-hydroxylation sites is 1. The van der Waals surface area contributed by atoms with Crippen LogP contribution in [0.3, 0.4) is 0 Å². The second-order valence-corrected chi connectivity index (χ2v) is 7.10. The van der Waals surface area contributed by atoms with E-state index in [1.807, 2.05) is 60.7 Å². The molecule has 0 atom stereocenters. The molecule has 0 fully saturated rings. The van der Waals surface area contributed by atoms with Crippen molar-refractivity contribution in [2.24, 2.45) is 5.92 Å². The molecule has 2 aromatic rings. The van der Waals surface area contributed by atoms with Crippen LogP contribution in [-0.4, -0.2) is 21.7 Å². The van der Waals surface area contributed by atoms with Crippen molar-refractivity contribution in [2.45, 2.75) is 60.5 Å². The number of aromatic nitrogens is 2. The van der Waals surface area contributed by atoms with Crippen molar-refractivity contribution in [3.05, 3.63) is 47.3 Å². The van der Waals surface area contributed by atoms with E-state index in [1.165, 1.54) is 0 Å². The first-order valence-corrected chi connectivity index (χ1v) is 8.71. The van der Waals surface area contributed by atoms with Crippen LogP contribution in [0.4, 0.5) is 5.69 Å². The highest BCUT2D eigenvalue weighted by atomic mass is 16.2. The van der Waals surface area contributed by atoms with Crippen LogP contribution >= 0.6 is 0 Å². The average Bonchev–Trinajstić information content (AvgIpc) is 2.75. The Morgan fingerprint density at radius 1 is 1.12 bits per heavy atom. The van der Waals surface area contributed by atoms with E-state index < -0.39 is 0 Å². The lowest BCUT2D eigenvalue weighted by molar-refractivity contribution is -0.118. The SMILES string of the molecule is Cc1nn(CC(C)C)c(C)c1CC(=O)N(c1ccccc1)C(C)C. The number of amides is 1. The van der Waals surface area contributed by atoms with E-state index in [1.54, 1.807) is 0 Å². The first-order valence-electron chi connectivity index (χ1n) is 8.71. The molecule has 2 rings (SSSR count). The lowest BCUT2D eigenvalue weighted by Gasteiger charge is -2.27. The van der Waals surface area contributed by atoms with Crippen LogP contribution in [-0.2, 0) is 17.8 Å². The van der Waals surface area contributed by atoms with Crippen LogP contribution in [0.2, 0.25) is 0 Å². The molecule has 130 valence electrons. The Labute approximate surface area is 145 Å². The molecule has 1 aromatic heterocycles. The lowest BCUT2D eigenvalue weighted by atomic mass is 10.1. The zero-order valence-corrected chi connectivity index (χ0v) is 15.7. The Morgan fingerprint density at radius 3 is 2.29 bits per heavy atom. The minimum atomic E-state index is 0.117. The van der Waals surface area contributed by atoms with Gasteiger partial charge in [0.2, 0.25) is 5.91 Å². The van der Waals surface area contributed by atoms with Crippen LogP contribution in [0.1, 0.15) is 44.6 Å². The Hall–Kier alpha value is -2.10. The maximum absolute atomic E-state index is 13.0. The predicted octanol–water partition coefficient (Wildman–Crippen LogP) is 4.14. The fourth-order valence-electron chi connectivity index (χ4n) is 3.07. The number of carbonyl (C=O) groups excluding carboxylic acids is 1. The highest BCUT2D eigenvalue weighted by molar-refractivity contribution is 5.95. The van der Waals surface area contributed by atoms with Gasteiger partial charge in [-0.2, -0.15) is 5.10 Å². The first-order chi connectivity index (χ1) is 11.3. The van der Waals surface area contributed by atoms with Gasteiger partial charge >= 0.3 is 0 Å². The lowest BCUT2D eigenvalue weighted by Crippen LogP contribution is -2.38. The second kappa shape index (κ2) is 7.65. The molecule has 0 aliphatic rings. The monoisotopic (exact) mass is 327 g/mol. The number of hydrogen-bond donors (Lipinski definition) is 0. The van der Waals surface area contributed by atoms with E-state index in [-0.39, 0.29) is 11.9 Å². The summed E-state index contributed by atoms with van der Waals surface area (Å²) in [4.78, 5) is 14.9. The molecule has 4 heteroatoms. The van der Waals surface area contributed by atoms with Crippen LogP contribution in [0.25, 0.3) is 0 Å². The molecule has 0 N–H and O–H groups in total. The molecule has 1 heterocycles. The third-order valence-electron chi connectivity index (χ3n) is 4.22. The van der Waals surface area contributed by atoms with E-state index in [0.717, 1.165) is 29.2 Å². The first kappa shape index (κ1) is 18.2. The van der Waals surface area contributed by atoms with Crippen molar-refractivity contribution in [3.63, 3.8) is 0 Å². The van der Waals surface area contributed by atoms with E-state index >= 15 is 0 Å². The van der Waals surface area contributed by atoms with Crippen molar-refractivity contribution < 1.29 is 4.79 Å². The molecule has 0 radical (unpaired) electrons. The Bertz CT molecular complexity index is 686. The summed E-state index contributed by atoms with van der Waals surface area (Å²) in [5.74, 6) is 0.648. The number of anilines is 1. The molecule has 0 bridgehead atoms. The van der Waals surface area contributed by atoms with Gasteiger partial charge in [-0.15, -0.1) is 0 Å². The van der Waals surface area contributed by atoms with Crippen molar-refractivity contribution in [3.8, 4) is 0 Å². The van der Waals surface area contributed by atoms with Crippen LogP contribution in [0, 0.1) is 19.8 Å². The number of rotatable bonds is 6. The summed E-state index contributed by atoms with van der Waals surface area (Å²) in [7, 11) is 0. The van der Waals surface area contributed by atoms with Crippen molar-refractivity contribution in [1.29, 1.82) is 0 Å². The van der Waals surface area contributed by atoms with Gasteiger partial charge in [-0.25, -0.2) is 0 Å². The molecule has 0 unspecified atom stereocenters. The zero-order valence-electron chi connectivity index (χ0n) is 15.7. The van der Waals surface area contributed by atoms with Crippen LogP contribution < -0.4 is 4.90 Å². The smallest absolute Gasteiger partial charge is 0.231 e. The molecule has 0 aliphatic heterocycles. The standard InChI is InChI=1S/C20H29N3O/c1-14(2)13-22-17(6)19(16(5)21-22)12-20(24)23(15(3)4)18-10-8-7-9-11-18/h7-11,14-15H,12-13H2,1-6H3. The Balaban J connectivity index is 2.26. The largest absolute Gasteiger partial charge is 0.310 e. The number of carbonyl (C=O) groups is 1. The van der Waals surface area contributed by atoms with Gasteiger partial charge in [0, 0.05) is 29.5 Å². The molecule has 24 heavy (non-hydrogen) atoms. The second-order valence-electron chi connectivity index (χ2n) is 7.10.